The van der Waals surface area contributed by atoms with E-state index in [2.05, 4.69) is 4.72 Å². The molecule has 0 aromatic heterocycles. The molecule has 0 saturated carbocycles. The minimum atomic E-state index is -4.74. The third-order valence-corrected chi connectivity index (χ3v) is 9.55. The molecule has 4 rings (SSSR count). The van der Waals surface area contributed by atoms with Gasteiger partial charge in [-0.3, -0.25) is 4.72 Å². The van der Waals surface area contributed by atoms with Gasteiger partial charge in [-0.1, -0.05) is 90.5 Å². The van der Waals surface area contributed by atoms with E-state index in [4.69, 9.17) is 0 Å². The van der Waals surface area contributed by atoms with Gasteiger partial charge in [0, 0.05) is 11.8 Å². The van der Waals surface area contributed by atoms with Crippen LogP contribution in [0.25, 0.3) is 16.7 Å². The highest BCUT2D eigenvalue weighted by molar-refractivity contribution is 8.66. The van der Waals surface area contributed by atoms with Gasteiger partial charge in [0.05, 0.1) is 4.90 Å². The molecular formula is C25H21NO4S2. The zero-order valence-corrected chi connectivity index (χ0v) is 18.9. The lowest BCUT2D eigenvalue weighted by molar-refractivity contribution is 0.579. The Morgan fingerprint density at radius 2 is 1.34 bits per heavy atom. The maximum atomic E-state index is 12.8. The molecule has 2 aromatic rings. The maximum absolute atomic E-state index is 12.8. The highest BCUT2D eigenvalue weighted by Gasteiger charge is 2.31. The van der Waals surface area contributed by atoms with Crippen LogP contribution < -0.4 is 4.72 Å². The molecule has 7 heteroatoms. The third-order valence-electron chi connectivity index (χ3n) is 5.11. The number of hydrogen-bond acceptors (Lipinski definition) is 4. The molecule has 0 amide bonds. The number of aryl methyl sites for hydroxylation is 1. The van der Waals surface area contributed by atoms with E-state index in [-0.39, 0.29) is 4.90 Å². The number of benzene rings is 2. The molecule has 0 aliphatic heterocycles. The van der Waals surface area contributed by atoms with Crippen molar-refractivity contribution in [1.29, 1.82) is 0 Å². The highest BCUT2D eigenvalue weighted by atomic mass is 33.2. The Morgan fingerprint density at radius 1 is 0.719 bits per heavy atom. The lowest BCUT2D eigenvalue weighted by Crippen LogP contribution is -2.27. The topological polar surface area (TPSA) is 80.3 Å². The fourth-order valence-electron chi connectivity index (χ4n) is 3.41. The van der Waals surface area contributed by atoms with Crippen LogP contribution in [0.5, 0.6) is 0 Å². The molecule has 2 aliphatic carbocycles. The Balaban J connectivity index is 1.79. The molecule has 1 N–H and O–H groups in total. The molecule has 2 aliphatic rings. The van der Waals surface area contributed by atoms with E-state index < -0.39 is 17.9 Å². The van der Waals surface area contributed by atoms with Gasteiger partial charge in [-0.25, -0.2) is 8.42 Å². The normalized spacial score (nSPS) is 12.6. The van der Waals surface area contributed by atoms with E-state index in [1.54, 1.807) is 19.1 Å². The first kappa shape index (κ1) is 21.8. The first-order chi connectivity index (χ1) is 15.3. The van der Waals surface area contributed by atoms with Gasteiger partial charge in [0.15, 0.2) is 0 Å². The van der Waals surface area contributed by atoms with Crippen LogP contribution in [-0.2, 0) is 17.9 Å². The Morgan fingerprint density at radius 3 is 2.03 bits per heavy atom. The average Bonchev–Trinajstić information content (AvgIpc) is 3.02. The summed E-state index contributed by atoms with van der Waals surface area (Å²) in [6, 6.07) is 28.4. The first-order valence-electron chi connectivity index (χ1n) is 9.87. The number of rotatable bonds is 6. The van der Waals surface area contributed by atoms with E-state index in [0.29, 0.717) is 5.57 Å². The van der Waals surface area contributed by atoms with Gasteiger partial charge >= 0.3 is 9.06 Å². The fourth-order valence-corrected chi connectivity index (χ4v) is 6.14. The van der Waals surface area contributed by atoms with Gasteiger partial charge in [-0.05, 0) is 41.3 Å². The molecule has 2 aromatic carbocycles. The standard InChI is InChI=1S/C25H21NO4S2/c1-19-12-15-22(16-13-19)31(27,28)32(29,30)26-18-25(20-8-4-2-5-9-20)24-17-14-21-10-6-3-7-11-23(21)24/h2-18,26H,1H3. The minimum absolute atomic E-state index is 0.281. The smallest absolute Gasteiger partial charge is 0.277 e. The third kappa shape index (κ3) is 4.17. The predicted octanol–water partition coefficient (Wildman–Crippen LogP) is 4.80. The molecule has 162 valence electrons. The van der Waals surface area contributed by atoms with E-state index in [1.165, 1.54) is 18.3 Å². The fraction of sp³-hybridized carbons (Fsp3) is 0.0400. The van der Waals surface area contributed by atoms with Crippen molar-refractivity contribution in [3.63, 3.8) is 0 Å². The Hall–Kier alpha value is -3.42. The second-order valence-corrected chi connectivity index (χ2v) is 12.4. The van der Waals surface area contributed by atoms with Crippen LogP contribution in [0.15, 0.2) is 108 Å². The number of fused-ring (bicyclic) bond motifs is 1. The molecule has 32 heavy (non-hydrogen) atoms. The van der Waals surface area contributed by atoms with Crippen molar-refractivity contribution >= 4 is 23.5 Å². The van der Waals surface area contributed by atoms with Crippen molar-refractivity contribution in [2.24, 2.45) is 0 Å². The van der Waals surface area contributed by atoms with Gasteiger partial charge in [0.25, 0.3) is 8.87 Å². The van der Waals surface area contributed by atoms with Gasteiger partial charge in [0.2, 0.25) is 0 Å². The average molecular weight is 464 g/mol. The van der Waals surface area contributed by atoms with Crippen molar-refractivity contribution in [3.05, 3.63) is 120 Å². The SMILES string of the molecule is Cc1ccc(S(=O)(=O)S(=O)(=O)NC=C(c2ccccc2)c2ccc3cccccc2-3)cc1. The van der Waals surface area contributed by atoms with Crippen molar-refractivity contribution in [2.75, 3.05) is 0 Å². The molecular weight excluding hydrogens is 442 g/mol. The lowest BCUT2D eigenvalue weighted by atomic mass is 9.97. The summed E-state index contributed by atoms with van der Waals surface area (Å²) in [5, 5.41) is 0. The Bertz CT molecular complexity index is 1460. The summed E-state index contributed by atoms with van der Waals surface area (Å²) in [4.78, 5) is -0.281. The van der Waals surface area contributed by atoms with Gasteiger partial charge in [-0.15, -0.1) is 0 Å². The van der Waals surface area contributed by atoms with Crippen LogP contribution in [-0.4, -0.2) is 16.8 Å². The first-order valence-corrected chi connectivity index (χ1v) is 13.4. The zero-order valence-electron chi connectivity index (χ0n) is 17.3. The second kappa shape index (κ2) is 8.61. The van der Waals surface area contributed by atoms with Gasteiger partial charge in [-0.2, -0.15) is 8.42 Å². The van der Waals surface area contributed by atoms with Crippen molar-refractivity contribution in [1.82, 2.24) is 4.72 Å². The highest BCUT2D eigenvalue weighted by Crippen LogP contribution is 2.35. The molecule has 0 saturated heterocycles. The van der Waals surface area contributed by atoms with E-state index in [1.807, 2.05) is 72.8 Å². The Kier molecular flexibility index (Phi) is 5.86. The second-order valence-electron chi connectivity index (χ2n) is 7.29. The van der Waals surface area contributed by atoms with Crippen molar-refractivity contribution in [2.45, 2.75) is 11.8 Å². The van der Waals surface area contributed by atoms with E-state index in [9.17, 15) is 16.8 Å². The predicted molar refractivity (Wildman–Crippen MR) is 127 cm³/mol. The van der Waals surface area contributed by atoms with Crippen LogP contribution in [0.4, 0.5) is 0 Å². The Labute approximate surface area is 187 Å². The van der Waals surface area contributed by atoms with E-state index in [0.717, 1.165) is 27.8 Å². The van der Waals surface area contributed by atoms with Crippen LogP contribution in [0, 0.1) is 6.92 Å². The minimum Gasteiger partial charge on any atom is -0.277 e. The molecule has 5 nitrogen and oxygen atoms in total. The molecule has 0 atom stereocenters. The lowest BCUT2D eigenvalue weighted by Gasteiger charge is -2.11. The molecule has 0 radical (unpaired) electrons. The summed E-state index contributed by atoms with van der Waals surface area (Å²) in [5.74, 6) is 0. The maximum Gasteiger partial charge on any atom is 0.343 e. The van der Waals surface area contributed by atoms with Crippen LogP contribution in [0.2, 0.25) is 0 Å². The van der Waals surface area contributed by atoms with Crippen molar-refractivity contribution < 1.29 is 16.8 Å². The molecule has 0 unspecified atom stereocenters. The van der Waals surface area contributed by atoms with Crippen LogP contribution >= 0.6 is 0 Å². The number of nitrogens with one attached hydrogen (secondary N) is 1. The van der Waals surface area contributed by atoms with Crippen molar-refractivity contribution in [3.8, 4) is 11.1 Å². The molecule has 0 heterocycles. The van der Waals surface area contributed by atoms with E-state index >= 15 is 0 Å². The summed E-state index contributed by atoms with van der Waals surface area (Å²) < 4.78 is 53.4. The molecule has 0 spiro atoms. The number of hydrogen-bond donors (Lipinski definition) is 1. The largest absolute Gasteiger partial charge is 0.343 e. The summed E-state index contributed by atoms with van der Waals surface area (Å²) in [7, 11) is -9.38. The zero-order chi connectivity index (χ0) is 22.8. The summed E-state index contributed by atoms with van der Waals surface area (Å²) >= 11 is 0. The van der Waals surface area contributed by atoms with Gasteiger partial charge in [0.1, 0.15) is 0 Å². The van der Waals surface area contributed by atoms with Crippen LogP contribution in [0.1, 0.15) is 16.7 Å². The quantitative estimate of drug-likeness (QED) is 0.417. The molecule has 0 fully saturated rings. The van der Waals surface area contributed by atoms with Gasteiger partial charge < -0.3 is 0 Å². The van der Waals surface area contributed by atoms with Crippen LogP contribution in [0.3, 0.4) is 0 Å². The summed E-state index contributed by atoms with van der Waals surface area (Å²) in [6.07, 6.45) is 1.25. The summed E-state index contributed by atoms with van der Waals surface area (Å²) in [5.41, 5.74) is 4.85. The molecule has 0 bridgehead atoms. The monoisotopic (exact) mass is 463 g/mol. The summed E-state index contributed by atoms with van der Waals surface area (Å²) in [6.45, 7) is 1.79.